The summed E-state index contributed by atoms with van der Waals surface area (Å²) in [5.74, 6) is 0.344. The Morgan fingerprint density at radius 2 is 2.06 bits per heavy atom. The second kappa shape index (κ2) is 9.16. The van der Waals surface area contributed by atoms with E-state index in [1.165, 1.54) is 10.9 Å². The molecule has 1 fully saturated rings. The Bertz CT molecular complexity index is 1370. The molecule has 3 aromatic heterocycles. The number of hydrogen-bond donors (Lipinski definition) is 2. The largest absolute Gasteiger partial charge is 0.470 e. The van der Waals surface area contributed by atoms with Crippen LogP contribution in [0.5, 0.6) is 0 Å². The van der Waals surface area contributed by atoms with Gasteiger partial charge in [-0.2, -0.15) is 4.98 Å². The van der Waals surface area contributed by atoms with Crippen LogP contribution in [-0.4, -0.2) is 62.6 Å². The van der Waals surface area contributed by atoms with Crippen molar-refractivity contribution in [3.8, 4) is 5.69 Å². The summed E-state index contributed by atoms with van der Waals surface area (Å²) in [6.07, 6.45) is 6.28. The van der Waals surface area contributed by atoms with Crippen molar-refractivity contribution in [2.75, 3.05) is 43.4 Å². The van der Waals surface area contributed by atoms with Crippen LogP contribution in [0.1, 0.15) is 5.56 Å². The Hall–Kier alpha value is -3.89. The van der Waals surface area contributed by atoms with Gasteiger partial charge in [-0.3, -0.25) is 4.79 Å². The van der Waals surface area contributed by atoms with E-state index in [1.54, 1.807) is 29.4 Å². The molecule has 2 N–H and O–H groups in total. The maximum absolute atomic E-state index is 12.9. The monoisotopic (exact) mass is 461 g/mol. The zero-order valence-corrected chi connectivity index (χ0v) is 19.0. The summed E-state index contributed by atoms with van der Waals surface area (Å²) in [6, 6.07) is 7.64. The van der Waals surface area contributed by atoms with Gasteiger partial charge in [0.1, 0.15) is 17.3 Å². The minimum Gasteiger partial charge on any atom is -0.470 e. The highest BCUT2D eigenvalue weighted by molar-refractivity contribution is 5.77. The van der Waals surface area contributed by atoms with Crippen LogP contribution >= 0.6 is 0 Å². The first-order valence-electron chi connectivity index (χ1n) is 11.2. The predicted molar refractivity (Wildman–Crippen MR) is 131 cm³/mol. The molecule has 34 heavy (non-hydrogen) atoms. The molecule has 1 aromatic carbocycles. The van der Waals surface area contributed by atoms with Crippen LogP contribution in [0.25, 0.3) is 16.7 Å². The normalized spacial score (nSPS) is 14.6. The SMILES string of the molecule is C=CCn1c(=O)c2cnc(Nc3ccc(N4CCN(C)CC4)c(CO)c3)nc2n1-c1ccoc1. The number of fused-ring (bicyclic) bond motifs is 1. The molecule has 0 unspecified atom stereocenters. The summed E-state index contributed by atoms with van der Waals surface area (Å²) in [4.78, 5) is 26.5. The molecule has 5 rings (SSSR count). The van der Waals surface area contributed by atoms with E-state index < -0.39 is 0 Å². The molecule has 1 aliphatic heterocycles. The first-order valence-corrected chi connectivity index (χ1v) is 11.2. The lowest BCUT2D eigenvalue weighted by molar-refractivity contribution is 0.280. The summed E-state index contributed by atoms with van der Waals surface area (Å²) in [5.41, 5.74) is 3.56. The Morgan fingerprint density at radius 1 is 1.24 bits per heavy atom. The van der Waals surface area contributed by atoms with Gasteiger partial charge < -0.3 is 24.6 Å². The number of likely N-dealkylation sites (N-methyl/N-ethyl adjacent to an activating group) is 1. The molecule has 0 aliphatic carbocycles. The molecule has 0 amide bonds. The van der Waals surface area contributed by atoms with Crippen molar-refractivity contribution in [1.82, 2.24) is 24.2 Å². The smallest absolute Gasteiger partial charge is 0.278 e. The Kier molecular flexibility index (Phi) is 5.91. The lowest BCUT2D eigenvalue weighted by Crippen LogP contribution is -2.44. The molecule has 0 atom stereocenters. The number of benzene rings is 1. The van der Waals surface area contributed by atoms with Crippen LogP contribution < -0.4 is 15.8 Å². The van der Waals surface area contributed by atoms with Crippen LogP contribution in [0.15, 0.2) is 64.9 Å². The van der Waals surface area contributed by atoms with E-state index in [9.17, 15) is 9.90 Å². The average molecular weight is 462 g/mol. The van der Waals surface area contributed by atoms with E-state index in [-0.39, 0.29) is 12.2 Å². The minimum absolute atomic E-state index is 0.0679. The second-order valence-corrected chi connectivity index (χ2v) is 8.32. The van der Waals surface area contributed by atoms with Crippen molar-refractivity contribution in [2.45, 2.75) is 13.2 Å². The van der Waals surface area contributed by atoms with E-state index in [4.69, 9.17) is 4.42 Å². The maximum Gasteiger partial charge on any atom is 0.278 e. The molecule has 10 heteroatoms. The third-order valence-corrected chi connectivity index (χ3v) is 6.08. The van der Waals surface area contributed by atoms with Crippen LogP contribution in [0.3, 0.4) is 0 Å². The number of nitrogens with zero attached hydrogens (tertiary/aromatic N) is 6. The van der Waals surface area contributed by atoms with Gasteiger partial charge in [-0.05, 0) is 25.2 Å². The highest BCUT2D eigenvalue weighted by Crippen LogP contribution is 2.27. The van der Waals surface area contributed by atoms with E-state index in [1.807, 2.05) is 18.2 Å². The van der Waals surface area contributed by atoms with Gasteiger partial charge in [0.05, 0.1) is 19.4 Å². The lowest BCUT2D eigenvalue weighted by atomic mass is 10.1. The van der Waals surface area contributed by atoms with Crippen molar-refractivity contribution < 1.29 is 9.52 Å². The number of piperazine rings is 1. The van der Waals surface area contributed by atoms with Crippen molar-refractivity contribution in [3.05, 3.63) is 71.6 Å². The molecule has 1 aliphatic rings. The van der Waals surface area contributed by atoms with Crippen LogP contribution in [-0.2, 0) is 13.2 Å². The fourth-order valence-electron chi connectivity index (χ4n) is 4.29. The molecular weight excluding hydrogens is 434 g/mol. The molecular formula is C24H27N7O3. The van der Waals surface area contributed by atoms with E-state index >= 15 is 0 Å². The molecule has 176 valence electrons. The summed E-state index contributed by atoms with van der Waals surface area (Å²) in [6.45, 7) is 7.82. The fraction of sp³-hybridized carbons (Fsp3) is 0.292. The van der Waals surface area contributed by atoms with Gasteiger partial charge in [-0.15, -0.1) is 6.58 Å². The summed E-state index contributed by atoms with van der Waals surface area (Å²) in [5, 5.41) is 13.6. The first kappa shape index (κ1) is 21.9. The van der Waals surface area contributed by atoms with Gasteiger partial charge in [0, 0.05) is 55.4 Å². The van der Waals surface area contributed by atoms with Crippen molar-refractivity contribution >= 4 is 28.4 Å². The Balaban J connectivity index is 1.49. The molecule has 4 heterocycles. The van der Waals surface area contributed by atoms with Crippen molar-refractivity contribution in [2.24, 2.45) is 0 Å². The number of allylic oxidation sites excluding steroid dienone is 1. The van der Waals surface area contributed by atoms with Gasteiger partial charge in [-0.1, -0.05) is 6.08 Å². The summed E-state index contributed by atoms with van der Waals surface area (Å²) in [7, 11) is 2.12. The van der Waals surface area contributed by atoms with Gasteiger partial charge in [0.2, 0.25) is 5.95 Å². The third-order valence-electron chi connectivity index (χ3n) is 6.08. The van der Waals surface area contributed by atoms with Crippen molar-refractivity contribution in [1.29, 1.82) is 0 Å². The molecule has 0 spiro atoms. The third kappa shape index (κ3) is 3.97. The number of nitrogens with one attached hydrogen (secondary N) is 1. The van der Waals surface area contributed by atoms with E-state index in [0.717, 1.165) is 43.1 Å². The molecule has 0 radical (unpaired) electrons. The highest BCUT2D eigenvalue weighted by atomic mass is 16.3. The quantitative estimate of drug-likeness (QED) is 0.404. The average Bonchev–Trinajstić information content (AvgIpc) is 3.47. The number of aliphatic hydroxyl groups excluding tert-OH is 1. The zero-order chi connectivity index (χ0) is 23.7. The molecule has 10 nitrogen and oxygen atoms in total. The van der Waals surface area contributed by atoms with Crippen LogP contribution in [0, 0.1) is 0 Å². The standard InChI is InChI=1S/C24H27N7O3/c1-3-7-30-23(33)20-14-25-24(27-22(20)31(30)19-6-12-34-16-19)26-18-4-5-21(17(13-18)15-32)29-10-8-28(2)9-11-29/h3-6,12-14,16,32H,1,7-11,15H2,2H3,(H,25,26,27). The van der Waals surface area contributed by atoms with Crippen LogP contribution in [0.2, 0.25) is 0 Å². The van der Waals surface area contributed by atoms with Gasteiger partial charge in [0.25, 0.3) is 5.56 Å². The number of aromatic nitrogens is 4. The van der Waals surface area contributed by atoms with Crippen molar-refractivity contribution in [3.63, 3.8) is 0 Å². The molecule has 4 aromatic rings. The Morgan fingerprint density at radius 3 is 2.76 bits per heavy atom. The topological polar surface area (TPSA) is 105 Å². The second-order valence-electron chi connectivity index (χ2n) is 8.32. The maximum atomic E-state index is 12.9. The van der Waals surface area contributed by atoms with Crippen LogP contribution in [0.4, 0.5) is 17.3 Å². The lowest BCUT2D eigenvalue weighted by Gasteiger charge is -2.35. The van der Waals surface area contributed by atoms with E-state index in [2.05, 4.69) is 38.7 Å². The number of furan rings is 1. The first-order chi connectivity index (χ1) is 16.6. The number of rotatable bonds is 7. The number of aliphatic hydroxyl groups is 1. The molecule has 0 saturated carbocycles. The fourth-order valence-corrected chi connectivity index (χ4v) is 4.29. The minimum atomic E-state index is -0.207. The number of anilines is 3. The predicted octanol–water partition coefficient (Wildman–Crippen LogP) is 2.35. The number of hydrogen-bond acceptors (Lipinski definition) is 8. The molecule has 0 bridgehead atoms. The molecule has 1 saturated heterocycles. The Labute approximate surface area is 196 Å². The summed E-state index contributed by atoms with van der Waals surface area (Å²) >= 11 is 0. The van der Waals surface area contributed by atoms with Gasteiger partial charge in [-0.25, -0.2) is 14.3 Å². The zero-order valence-electron chi connectivity index (χ0n) is 19.0. The van der Waals surface area contributed by atoms with E-state index in [0.29, 0.717) is 29.2 Å². The van der Waals surface area contributed by atoms with Gasteiger partial charge in [0.15, 0.2) is 5.65 Å². The highest BCUT2D eigenvalue weighted by Gasteiger charge is 2.19. The summed E-state index contributed by atoms with van der Waals surface area (Å²) < 4.78 is 8.46. The van der Waals surface area contributed by atoms with Gasteiger partial charge >= 0.3 is 0 Å².